The van der Waals surface area contributed by atoms with E-state index in [-0.39, 0.29) is 12.4 Å². The van der Waals surface area contributed by atoms with Crippen molar-refractivity contribution in [2.45, 2.75) is 19.0 Å². The van der Waals surface area contributed by atoms with Gasteiger partial charge in [0.2, 0.25) is 0 Å². The van der Waals surface area contributed by atoms with E-state index in [2.05, 4.69) is 9.55 Å². The van der Waals surface area contributed by atoms with Gasteiger partial charge in [0.05, 0.1) is 0 Å². The summed E-state index contributed by atoms with van der Waals surface area (Å²) in [7, 11) is 0. The molecular weight excluding hydrogens is 150 g/mol. The van der Waals surface area contributed by atoms with Crippen molar-refractivity contribution in [1.29, 1.82) is 0 Å². The molecule has 0 aliphatic carbocycles. The minimum atomic E-state index is 0. The molecular formula is C6H10ClN3. The first-order valence-electron chi connectivity index (χ1n) is 3.12. The summed E-state index contributed by atoms with van der Waals surface area (Å²) in [6, 6.07) is 0.300. The molecule has 0 spiro atoms. The molecule has 1 aromatic rings. The maximum absolute atomic E-state index is 5.67. The van der Waals surface area contributed by atoms with Gasteiger partial charge in [-0.25, -0.2) is 4.98 Å². The highest BCUT2D eigenvalue weighted by Crippen LogP contribution is 2.09. The topological polar surface area (TPSA) is 43.8 Å². The molecule has 0 fully saturated rings. The lowest BCUT2D eigenvalue weighted by atomic mass is 10.3. The normalized spacial score (nSPS) is 21.9. The van der Waals surface area contributed by atoms with Crippen LogP contribution in [0.4, 0.5) is 0 Å². The van der Waals surface area contributed by atoms with Crippen LogP contribution in [0.1, 0.15) is 5.82 Å². The third-order valence-corrected chi connectivity index (χ3v) is 1.68. The number of aromatic nitrogens is 2. The third-order valence-electron chi connectivity index (χ3n) is 1.68. The average Bonchev–Trinajstić information content (AvgIpc) is 2.22. The van der Waals surface area contributed by atoms with Gasteiger partial charge in [-0.2, -0.15) is 0 Å². The van der Waals surface area contributed by atoms with Crippen LogP contribution in [0.5, 0.6) is 0 Å². The van der Waals surface area contributed by atoms with Crippen LogP contribution in [0.2, 0.25) is 0 Å². The minimum absolute atomic E-state index is 0. The smallest absolute Gasteiger partial charge is 0.110 e. The van der Waals surface area contributed by atoms with Crippen LogP contribution in [0.25, 0.3) is 0 Å². The summed E-state index contributed by atoms with van der Waals surface area (Å²) in [5.41, 5.74) is 5.67. The van der Waals surface area contributed by atoms with Crippen molar-refractivity contribution in [1.82, 2.24) is 9.55 Å². The summed E-state index contributed by atoms with van der Waals surface area (Å²) in [4.78, 5) is 4.13. The molecule has 0 saturated carbocycles. The summed E-state index contributed by atoms with van der Waals surface area (Å²) in [5, 5.41) is 0. The Morgan fingerprint density at radius 3 is 3.20 bits per heavy atom. The lowest BCUT2D eigenvalue weighted by Crippen LogP contribution is -2.20. The van der Waals surface area contributed by atoms with E-state index in [1.807, 2.05) is 12.4 Å². The van der Waals surface area contributed by atoms with Gasteiger partial charge in [0, 0.05) is 31.4 Å². The zero-order valence-corrected chi connectivity index (χ0v) is 6.34. The first-order valence-corrected chi connectivity index (χ1v) is 3.12. The fourth-order valence-electron chi connectivity index (χ4n) is 1.25. The number of nitrogens with zero attached hydrogens (tertiary/aromatic N) is 2. The van der Waals surface area contributed by atoms with Gasteiger partial charge in [-0.3, -0.25) is 0 Å². The van der Waals surface area contributed by atoms with E-state index < -0.39 is 0 Å². The predicted octanol–water partition coefficient (Wildman–Crippen LogP) is 0.188. The first-order chi connectivity index (χ1) is 4.36. The molecule has 4 heteroatoms. The molecule has 1 aromatic heterocycles. The fourth-order valence-corrected chi connectivity index (χ4v) is 1.25. The van der Waals surface area contributed by atoms with Crippen molar-refractivity contribution in [3.8, 4) is 0 Å². The van der Waals surface area contributed by atoms with E-state index in [1.165, 1.54) is 0 Å². The van der Waals surface area contributed by atoms with Crippen LogP contribution in [0.3, 0.4) is 0 Å². The Kier molecular flexibility index (Phi) is 1.97. The molecule has 2 heterocycles. The van der Waals surface area contributed by atoms with Crippen molar-refractivity contribution in [3.63, 3.8) is 0 Å². The molecule has 1 aliphatic rings. The summed E-state index contributed by atoms with van der Waals surface area (Å²) < 4.78 is 2.10. The molecule has 56 valence electrons. The summed E-state index contributed by atoms with van der Waals surface area (Å²) >= 11 is 0. The Morgan fingerprint density at radius 2 is 2.50 bits per heavy atom. The molecule has 0 aromatic carbocycles. The second-order valence-electron chi connectivity index (χ2n) is 2.46. The van der Waals surface area contributed by atoms with Gasteiger partial charge in [-0.05, 0) is 0 Å². The zero-order chi connectivity index (χ0) is 6.27. The lowest BCUT2D eigenvalue weighted by molar-refractivity contribution is 0.641. The second kappa shape index (κ2) is 2.60. The average molecular weight is 160 g/mol. The fraction of sp³-hybridized carbons (Fsp3) is 0.500. The monoisotopic (exact) mass is 159 g/mol. The Bertz CT molecular complexity index is 200. The second-order valence-corrected chi connectivity index (χ2v) is 2.46. The SMILES string of the molecule is Cl.N[C@H]1Cc2nccn2C1. The van der Waals surface area contributed by atoms with Crippen LogP contribution in [0, 0.1) is 0 Å². The number of rotatable bonds is 0. The molecule has 1 aliphatic heterocycles. The molecule has 2 rings (SSSR count). The van der Waals surface area contributed by atoms with Gasteiger partial charge < -0.3 is 10.3 Å². The number of imidazole rings is 1. The Labute approximate surface area is 65.7 Å². The van der Waals surface area contributed by atoms with Gasteiger partial charge in [0.25, 0.3) is 0 Å². The van der Waals surface area contributed by atoms with E-state index in [1.54, 1.807) is 0 Å². The molecule has 0 unspecified atom stereocenters. The van der Waals surface area contributed by atoms with Crippen molar-refractivity contribution < 1.29 is 0 Å². The maximum atomic E-state index is 5.67. The van der Waals surface area contributed by atoms with E-state index in [0.717, 1.165) is 18.8 Å². The number of nitrogens with two attached hydrogens (primary N) is 1. The standard InChI is InChI=1S/C6H9N3.ClH/c7-5-3-6-8-1-2-9(6)4-5;/h1-2,5H,3-4,7H2;1H/t5-;/m0./s1. The van der Waals surface area contributed by atoms with Gasteiger partial charge in [-0.15, -0.1) is 12.4 Å². The van der Waals surface area contributed by atoms with Gasteiger partial charge in [0.15, 0.2) is 0 Å². The predicted molar refractivity (Wildman–Crippen MR) is 41.2 cm³/mol. The van der Waals surface area contributed by atoms with E-state index in [0.29, 0.717) is 6.04 Å². The van der Waals surface area contributed by atoms with Crippen LogP contribution < -0.4 is 5.73 Å². The summed E-state index contributed by atoms with van der Waals surface area (Å²) in [5.74, 6) is 1.13. The molecule has 2 N–H and O–H groups in total. The Balaban J connectivity index is 0.000000500. The molecule has 0 bridgehead atoms. The highest BCUT2D eigenvalue weighted by molar-refractivity contribution is 5.85. The highest BCUT2D eigenvalue weighted by Gasteiger charge is 2.16. The zero-order valence-electron chi connectivity index (χ0n) is 5.53. The number of halogens is 1. The van der Waals surface area contributed by atoms with E-state index in [4.69, 9.17) is 5.73 Å². The minimum Gasteiger partial charge on any atom is -0.333 e. The molecule has 0 amide bonds. The Hall–Kier alpha value is -0.540. The molecule has 3 nitrogen and oxygen atoms in total. The van der Waals surface area contributed by atoms with Crippen LogP contribution in [-0.4, -0.2) is 15.6 Å². The Morgan fingerprint density at radius 1 is 1.70 bits per heavy atom. The quantitative estimate of drug-likeness (QED) is 0.588. The first kappa shape index (κ1) is 7.57. The largest absolute Gasteiger partial charge is 0.333 e. The molecule has 1 atom stereocenters. The summed E-state index contributed by atoms with van der Waals surface area (Å²) in [6.07, 6.45) is 4.73. The lowest BCUT2D eigenvalue weighted by Gasteiger charge is -1.95. The van der Waals surface area contributed by atoms with E-state index >= 15 is 0 Å². The number of hydrogen-bond donors (Lipinski definition) is 1. The highest BCUT2D eigenvalue weighted by atomic mass is 35.5. The van der Waals surface area contributed by atoms with Gasteiger partial charge >= 0.3 is 0 Å². The molecule has 0 radical (unpaired) electrons. The van der Waals surface area contributed by atoms with Crippen molar-refractivity contribution in [3.05, 3.63) is 18.2 Å². The van der Waals surface area contributed by atoms with Crippen molar-refractivity contribution >= 4 is 12.4 Å². The van der Waals surface area contributed by atoms with Crippen LogP contribution in [0.15, 0.2) is 12.4 Å². The maximum Gasteiger partial charge on any atom is 0.110 e. The molecule has 0 saturated heterocycles. The van der Waals surface area contributed by atoms with Gasteiger partial charge in [0.1, 0.15) is 5.82 Å². The van der Waals surface area contributed by atoms with Crippen molar-refractivity contribution in [2.24, 2.45) is 5.73 Å². The van der Waals surface area contributed by atoms with Gasteiger partial charge in [-0.1, -0.05) is 0 Å². The third kappa shape index (κ3) is 1.02. The number of hydrogen-bond acceptors (Lipinski definition) is 2. The van der Waals surface area contributed by atoms with Crippen LogP contribution in [-0.2, 0) is 13.0 Å². The van der Waals surface area contributed by atoms with Crippen molar-refractivity contribution in [2.75, 3.05) is 0 Å². The summed E-state index contributed by atoms with van der Waals surface area (Å²) in [6.45, 7) is 0.940. The van der Waals surface area contributed by atoms with Crippen LogP contribution >= 0.6 is 12.4 Å². The molecule has 10 heavy (non-hydrogen) atoms. The number of fused-ring (bicyclic) bond motifs is 1. The van der Waals surface area contributed by atoms with E-state index in [9.17, 15) is 0 Å².